The van der Waals surface area contributed by atoms with Gasteiger partial charge in [0.2, 0.25) is 5.89 Å². The molecule has 2 heterocycles. The molecule has 19 heavy (non-hydrogen) atoms. The zero-order chi connectivity index (χ0) is 13.9. The number of thiazole rings is 1. The fourth-order valence-corrected chi connectivity index (χ4v) is 1.75. The summed E-state index contributed by atoms with van der Waals surface area (Å²) in [6.45, 7) is 5.50. The van der Waals surface area contributed by atoms with Crippen LogP contribution in [-0.4, -0.2) is 26.9 Å². The number of aromatic nitrogens is 3. The van der Waals surface area contributed by atoms with Crippen LogP contribution in [-0.2, 0) is 11.3 Å². The summed E-state index contributed by atoms with van der Waals surface area (Å²) in [7, 11) is 0. The Kier molecular flexibility index (Phi) is 3.79. The molecule has 0 aliphatic heterocycles. The topological polar surface area (TPSA) is 90.1 Å². The van der Waals surface area contributed by atoms with E-state index in [-0.39, 0.29) is 6.54 Å². The SMILES string of the molecule is CC(C)(C)OC(=O)NCc1nnc(-c2cncs2)o1. The van der Waals surface area contributed by atoms with Crippen molar-refractivity contribution in [3.05, 3.63) is 17.6 Å². The van der Waals surface area contributed by atoms with E-state index < -0.39 is 11.7 Å². The summed E-state index contributed by atoms with van der Waals surface area (Å²) in [5.41, 5.74) is 1.14. The van der Waals surface area contributed by atoms with Crippen molar-refractivity contribution < 1.29 is 13.9 Å². The van der Waals surface area contributed by atoms with Crippen LogP contribution in [0.15, 0.2) is 16.1 Å². The fraction of sp³-hybridized carbons (Fsp3) is 0.455. The molecule has 0 bridgehead atoms. The minimum atomic E-state index is -0.535. The molecule has 0 aliphatic rings. The Morgan fingerprint density at radius 1 is 1.47 bits per heavy atom. The summed E-state index contributed by atoms with van der Waals surface area (Å²) >= 11 is 1.40. The Morgan fingerprint density at radius 3 is 2.89 bits per heavy atom. The largest absolute Gasteiger partial charge is 0.444 e. The predicted molar refractivity (Wildman–Crippen MR) is 68.5 cm³/mol. The van der Waals surface area contributed by atoms with Gasteiger partial charge in [0.1, 0.15) is 10.5 Å². The van der Waals surface area contributed by atoms with Gasteiger partial charge in [0, 0.05) is 0 Å². The molecule has 2 aromatic heterocycles. The van der Waals surface area contributed by atoms with Gasteiger partial charge >= 0.3 is 6.09 Å². The van der Waals surface area contributed by atoms with E-state index in [1.807, 2.05) is 0 Å². The summed E-state index contributed by atoms with van der Waals surface area (Å²) in [6.07, 6.45) is 1.12. The summed E-state index contributed by atoms with van der Waals surface area (Å²) in [6, 6.07) is 0. The molecule has 0 saturated carbocycles. The highest BCUT2D eigenvalue weighted by Gasteiger charge is 2.17. The second-order valence-corrected chi connectivity index (χ2v) is 5.61. The monoisotopic (exact) mass is 282 g/mol. The van der Waals surface area contributed by atoms with Crippen LogP contribution in [0.4, 0.5) is 4.79 Å². The number of ether oxygens (including phenoxy) is 1. The molecular weight excluding hydrogens is 268 g/mol. The standard InChI is InChI=1S/C11H14N4O3S/c1-11(2,3)18-10(16)13-5-8-14-15-9(17-8)7-4-12-6-19-7/h4,6H,5H2,1-3H3,(H,13,16). The number of nitrogens with one attached hydrogen (secondary N) is 1. The first kappa shape index (κ1) is 13.5. The van der Waals surface area contributed by atoms with Crippen molar-refractivity contribution in [1.82, 2.24) is 20.5 Å². The van der Waals surface area contributed by atoms with E-state index in [0.717, 1.165) is 4.88 Å². The lowest BCUT2D eigenvalue weighted by Crippen LogP contribution is -2.32. The van der Waals surface area contributed by atoms with Crippen molar-refractivity contribution in [3.63, 3.8) is 0 Å². The van der Waals surface area contributed by atoms with Gasteiger partial charge in [0.25, 0.3) is 5.89 Å². The number of carbonyl (C=O) groups excluding carboxylic acids is 1. The highest BCUT2D eigenvalue weighted by atomic mass is 32.1. The molecule has 0 unspecified atom stereocenters. The molecule has 0 saturated heterocycles. The maximum atomic E-state index is 11.4. The van der Waals surface area contributed by atoms with E-state index in [1.165, 1.54) is 11.3 Å². The summed E-state index contributed by atoms with van der Waals surface area (Å²) in [5.74, 6) is 0.706. The second kappa shape index (κ2) is 5.35. The van der Waals surface area contributed by atoms with Crippen LogP contribution in [0, 0.1) is 0 Å². The highest BCUT2D eigenvalue weighted by Crippen LogP contribution is 2.21. The summed E-state index contributed by atoms with van der Waals surface area (Å²) < 4.78 is 10.5. The molecule has 0 radical (unpaired) electrons. The van der Waals surface area contributed by atoms with Gasteiger partial charge in [-0.15, -0.1) is 21.5 Å². The molecule has 102 valence electrons. The van der Waals surface area contributed by atoms with Crippen LogP contribution in [0.25, 0.3) is 10.8 Å². The van der Waals surface area contributed by atoms with Crippen molar-refractivity contribution in [2.75, 3.05) is 0 Å². The lowest BCUT2D eigenvalue weighted by Gasteiger charge is -2.19. The minimum absolute atomic E-state index is 0.126. The molecule has 0 spiro atoms. The second-order valence-electron chi connectivity index (χ2n) is 4.72. The maximum Gasteiger partial charge on any atom is 0.408 e. The molecule has 2 aromatic rings. The molecule has 8 heteroatoms. The maximum absolute atomic E-state index is 11.4. The van der Waals surface area contributed by atoms with Crippen molar-refractivity contribution in [2.45, 2.75) is 32.9 Å². The zero-order valence-corrected chi connectivity index (χ0v) is 11.7. The smallest absolute Gasteiger partial charge is 0.408 e. The molecule has 0 atom stereocenters. The van der Waals surface area contributed by atoms with Gasteiger partial charge in [0.15, 0.2) is 0 Å². The number of amides is 1. The molecule has 0 aliphatic carbocycles. The fourth-order valence-electron chi connectivity index (χ4n) is 1.21. The Labute approximate surface area is 114 Å². The zero-order valence-electron chi connectivity index (χ0n) is 10.8. The predicted octanol–water partition coefficient (Wildman–Crippen LogP) is 2.22. The van der Waals surface area contributed by atoms with Crippen LogP contribution in [0.3, 0.4) is 0 Å². The van der Waals surface area contributed by atoms with Crippen LogP contribution >= 0.6 is 11.3 Å². The Balaban J connectivity index is 1.89. The quantitative estimate of drug-likeness (QED) is 0.928. The van der Waals surface area contributed by atoms with Crippen LogP contribution in [0.2, 0.25) is 0 Å². The van der Waals surface area contributed by atoms with Gasteiger partial charge in [-0.3, -0.25) is 4.98 Å². The Bertz CT molecular complexity index is 545. The van der Waals surface area contributed by atoms with Crippen LogP contribution in [0.5, 0.6) is 0 Å². The first-order valence-corrected chi connectivity index (χ1v) is 6.50. The van der Waals surface area contributed by atoms with Gasteiger partial charge in [-0.2, -0.15) is 0 Å². The minimum Gasteiger partial charge on any atom is -0.444 e. The lowest BCUT2D eigenvalue weighted by molar-refractivity contribution is 0.0519. The first-order chi connectivity index (χ1) is 8.94. The molecule has 1 amide bonds. The van der Waals surface area contributed by atoms with E-state index in [9.17, 15) is 4.79 Å². The number of rotatable bonds is 3. The average Bonchev–Trinajstić information content (AvgIpc) is 2.95. The number of alkyl carbamates (subject to hydrolysis) is 1. The molecule has 2 rings (SSSR count). The van der Waals surface area contributed by atoms with E-state index in [0.29, 0.717) is 11.8 Å². The Hall–Kier alpha value is -1.96. The number of nitrogens with zero attached hydrogens (tertiary/aromatic N) is 3. The van der Waals surface area contributed by atoms with Gasteiger partial charge < -0.3 is 14.5 Å². The molecular formula is C11H14N4O3S. The van der Waals surface area contributed by atoms with Gasteiger partial charge in [-0.25, -0.2) is 4.79 Å². The average molecular weight is 282 g/mol. The first-order valence-electron chi connectivity index (χ1n) is 5.62. The number of carbonyl (C=O) groups is 1. The van der Waals surface area contributed by atoms with E-state index in [1.54, 1.807) is 32.5 Å². The third-order valence-electron chi connectivity index (χ3n) is 1.89. The third-order valence-corrected chi connectivity index (χ3v) is 2.65. The lowest BCUT2D eigenvalue weighted by atomic mass is 10.2. The molecule has 7 nitrogen and oxygen atoms in total. The van der Waals surface area contributed by atoms with Crippen molar-refractivity contribution >= 4 is 17.4 Å². The summed E-state index contributed by atoms with van der Waals surface area (Å²) in [4.78, 5) is 16.1. The van der Waals surface area contributed by atoms with Gasteiger partial charge in [-0.05, 0) is 20.8 Å². The van der Waals surface area contributed by atoms with E-state index in [2.05, 4.69) is 20.5 Å². The molecule has 0 aromatic carbocycles. The molecule has 1 N–H and O–H groups in total. The highest BCUT2D eigenvalue weighted by molar-refractivity contribution is 7.13. The van der Waals surface area contributed by atoms with E-state index in [4.69, 9.17) is 9.15 Å². The van der Waals surface area contributed by atoms with Crippen molar-refractivity contribution in [3.8, 4) is 10.8 Å². The Morgan fingerprint density at radius 2 is 2.26 bits per heavy atom. The normalized spacial score (nSPS) is 11.3. The van der Waals surface area contributed by atoms with Crippen LogP contribution < -0.4 is 5.32 Å². The molecule has 0 fully saturated rings. The summed E-state index contributed by atoms with van der Waals surface area (Å²) in [5, 5.41) is 10.2. The van der Waals surface area contributed by atoms with Gasteiger partial charge in [-0.1, -0.05) is 0 Å². The third kappa shape index (κ3) is 4.02. The van der Waals surface area contributed by atoms with E-state index >= 15 is 0 Å². The van der Waals surface area contributed by atoms with Crippen molar-refractivity contribution in [2.24, 2.45) is 0 Å². The number of hydrogen-bond donors (Lipinski definition) is 1. The number of hydrogen-bond acceptors (Lipinski definition) is 7. The van der Waals surface area contributed by atoms with Crippen molar-refractivity contribution in [1.29, 1.82) is 0 Å². The van der Waals surface area contributed by atoms with Gasteiger partial charge in [0.05, 0.1) is 18.3 Å². The van der Waals surface area contributed by atoms with Crippen LogP contribution in [0.1, 0.15) is 26.7 Å².